The van der Waals surface area contributed by atoms with Gasteiger partial charge in [0.25, 0.3) is 0 Å². The summed E-state index contributed by atoms with van der Waals surface area (Å²) in [6.07, 6.45) is 12.5. The average molecular weight is 457 g/mol. The second kappa shape index (κ2) is 12.4. The third kappa shape index (κ3) is 8.68. The molecule has 0 aromatic carbocycles. The summed E-state index contributed by atoms with van der Waals surface area (Å²) in [5.74, 6) is 1.95. The van der Waals surface area contributed by atoms with E-state index in [4.69, 9.17) is 0 Å². The van der Waals surface area contributed by atoms with Gasteiger partial charge in [-0.2, -0.15) is 0 Å². The number of rotatable bonds is 7. The van der Waals surface area contributed by atoms with E-state index in [0.717, 1.165) is 44.7 Å². The summed E-state index contributed by atoms with van der Waals surface area (Å²) in [6.45, 7) is 20.0. The molecule has 0 radical (unpaired) electrons. The molecule has 33 heavy (non-hydrogen) atoms. The van der Waals surface area contributed by atoms with Crippen LogP contribution in [0.2, 0.25) is 0 Å². The molecule has 2 aliphatic heterocycles. The third-order valence-electron chi connectivity index (χ3n) is 5.98. The first-order chi connectivity index (χ1) is 15.6. The van der Waals surface area contributed by atoms with Gasteiger partial charge in [0, 0.05) is 49.6 Å². The van der Waals surface area contributed by atoms with Crippen LogP contribution >= 0.6 is 0 Å². The van der Waals surface area contributed by atoms with Crippen LogP contribution in [-0.4, -0.2) is 47.2 Å². The molecule has 1 unspecified atom stereocenters. The van der Waals surface area contributed by atoms with Crippen molar-refractivity contribution in [3.05, 3.63) is 35.3 Å². The molecule has 5 nitrogen and oxygen atoms in total. The summed E-state index contributed by atoms with van der Waals surface area (Å²) >= 11 is 0. The van der Waals surface area contributed by atoms with Crippen LogP contribution in [0.25, 0.3) is 0 Å². The topological polar surface area (TPSA) is 47.9 Å². The Morgan fingerprint density at radius 3 is 2.42 bits per heavy atom. The number of piperazine rings is 1. The molecule has 1 atom stereocenters. The number of nitrogens with zero attached hydrogens (tertiary/aromatic N) is 3. The van der Waals surface area contributed by atoms with Gasteiger partial charge in [-0.15, -0.1) is 0 Å². The fourth-order valence-electron chi connectivity index (χ4n) is 4.11. The van der Waals surface area contributed by atoms with E-state index in [1.54, 1.807) is 0 Å². The number of unbranched alkanes of at least 4 members (excludes halogenated alkanes) is 1. The maximum atomic E-state index is 12.5. The standard InChI is InChI=1S/C23H36N4O.C5H12/c1-5-7-9-21(28)27-14-13-26(16-17(27)3)18(4)22-20(19-10-11-19)15-25-23(22)24-12-8-6-2;1-5(2,3)4/h8,12,15,17,19H,5-7,9-11,13-14,16H2,1-4H3,(H,24,25);1-4H3/b12-8+,22-18+;. The van der Waals surface area contributed by atoms with Crippen molar-refractivity contribution in [2.24, 2.45) is 16.3 Å². The Kier molecular flexibility index (Phi) is 10.2. The molecular formula is C28H48N4O. The summed E-state index contributed by atoms with van der Waals surface area (Å²) in [4.78, 5) is 21.7. The van der Waals surface area contributed by atoms with E-state index in [1.165, 1.54) is 29.7 Å². The van der Waals surface area contributed by atoms with Crippen LogP contribution in [0, 0.1) is 11.3 Å². The van der Waals surface area contributed by atoms with Gasteiger partial charge in [-0.25, -0.2) is 4.99 Å². The third-order valence-corrected chi connectivity index (χ3v) is 5.98. The molecule has 2 heterocycles. The largest absolute Gasteiger partial charge is 0.371 e. The van der Waals surface area contributed by atoms with Crippen LogP contribution in [0.3, 0.4) is 0 Å². The molecule has 0 bridgehead atoms. The van der Waals surface area contributed by atoms with Crippen molar-refractivity contribution in [2.45, 2.75) is 100.0 Å². The second-order valence-electron chi connectivity index (χ2n) is 11.2. The van der Waals surface area contributed by atoms with Crippen molar-refractivity contribution in [2.75, 3.05) is 19.6 Å². The van der Waals surface area contributed by atoms with Gasteiger partial charge in [0.1, 0.15) is 5.84 Å². The second-order valence-corrected chi connectivity index (χ2v) is 11.2. The maximum Gasteiger partial charge on any atom is 0.222 e. The molecule has 0 aromatic heterocycles. The summed E-state index contributed by atoms with van der Waals surface area (Å²) in [6, 6.07) is 0.247. The van der Waals surface area contributed by atoms with Gasteiger partial charge in [-0.3, -0.25) is 4.79 Å². The molecule has 1 saturated heterocycles. The highest BCUT2D eigenvalue weighted by atomic mass is 16.2. The summed E-state index contributed by atoms with van der Waals surface area (Å²) in [5, 5.41) is 3.39. The Morgan fingerprint density at radius 2 is 1.88 bits per heavy atom. The minimum atomic E-state index is 0.247. The highest BCUT2D eigenvalue weighted by Crippen LogP contribution is 2.43. The Hall–Kier alpha value is -2.04. The van der Waals surface area contributed by atoms with E-state index in [9.17, 15) is 4.79 Å². The number of hydrogen-bond donors (Lipinski definition) is 1. The molecular weight excluding hydrogens is 408 g/mol. The lowest BCUT2D eigenvalue weighted by molar-refractivity contribution is -0.135. The first-order valence-electron chi connectivity index (χ1n) is 13.0. The van der Waals surface area contributed by atoms with Crippen molar-refractivity contribution in [1.29, 1.82) is 0 Å². The predicted octanol–water partition coefficient (Wildman–Crippen LogP) is 6.26. The lowest BCUT2D eigenvalue weighted by Crippen LogP contribution is -2.53. The first kappa shape index (κ1) is 27.2. The van der Waals surface area contributed by atoms with Gasteiger partial charge < -0.3 is 15.1 Å². The lowest BCUT2D eigenvalue weighted by Gasteiger charge is -2.42. The van der Waals surface area contributed by atoms with Gasteiger partial charge in [0.2, 0.25) is 5.91 Å². The Labute approximate surface area is 203 Å². The predicted molar refractivity (Wildman–Crippen MR) is 141 cm³/mol. The van der Waals surface area contributed by atoms with Crippen molar-refractivity contribution < 1.29 is 4.79 Å². The molecule has 0 spiro atoms. The van der Waals surface area contributed by atoms with E-state index in [0.29, 0.717) is 23.7 Å². The maximum absolute atomic E-state index is 12.5. The molecule has 1 saturated carbocycles. The Balaban J connectivity index is 0.000000696. The number of amidine groups is 1. The quantitative estimate of drug-likeness (QED) is 0.492. The highest BCUT2D eigenvalue weighted by Gasteiger charge is 2.35. The smallest absolute Gasteiger partial charge is 0.222 e. The number of carbonyl (C=O) groups is 1. The SMILES string of the molecule is CC(C)(C)C.CC/C=C/NC1=NC=C(C2CC2)/C1=C(/C)N1CCN(C(=O)CCCC)C(C)C1. The zero-order valence-electron chi connectivity index (χ0n) is 22.5. The fraction of sp³-hybridized carbons (Fsp3) is 0.714. The van der Waals surface area contributed by atoms with Crippen molar-refractivity contribution >= 4 is 11.7 Å². The molecule has 1 amide bonds. The molecule has 1 N–H and O–H groups in total. The van der Waals surface area contributed by atoms with Crippen molar-refractivity contribution in [3.8, 4) is 0 Å². The normalized spacial score (nSPS) is 22.6. The number of nitrogens with one attached hydrogen (secondary N) is 1. The van der Waals surface area contributed by atoms with Gasteiger partial charge in [-0.1, -0.05) is 54.0 Å². The minimum absolute atomic E-state index is 0.247. The summed E-state index contributed by atoms with van der Waals surface area (Å²) in [7, 11) is 0. The van der Waals surface area contributed by atoms with E-state index >= 15 is 0 Å². The number of allylic oxidation sites excluding steroid dienone is 2. The van der Waals surface area contributed by atoms with Gasteiger partial charge >= 0.3 is 0 Å². The average Bonchev–Trinajstić information content (AvgIpc) is 3.50. The van der Waals surface area contributed by atoms with Crippen LogP contribution in [-0.2, 0) is 4.79 Å². The Bertz CT molecular complexity index is 774. The van der Waals surface area contributed by atoms with E-state index in [1.807, 2.05) is 6.20 Å². The number of hydrogen-bond acceptors (Lipinski definition) is 4. The van der Waals surface area contributed by atoms with E-state index in [2.05, 4.69) is 87.8 Å². The van der Waals surface area contributed by atoms with E-state index in [-0.39, 0.29) is 6.04 Å². The van der Waals surface area contributed by atoms with Gasteiger partial charge in [0.15, 0.2) is 0 Å². The van der Waals surface area contributed by atoms with Crippen LogP contribution in [0.4, 0.5) is 0 Å². The van der Waals surface area contributed by atoms with Crippen LogP contribution < -0.4 is 5.32 Å². The first-order valence-corrected chi connectivity index (χ1v) is 13.0. The number of aliphatic imine (C=N–C) groups is 1. The molecule has 3 aliphatic rings. The summed E-state index contributed by atoms with van der Waals surface area (Å²) < 4.78 is 0. The number of carbonyl (C=O) groups excluding carboxylic acids is 1. The summed E-state index contributed by atoms with van der Waals surface area (Å²) in [5.41, 5.74) is 4.46. The molecule has 3 rings (SSSR count). The zero-order valence-corrected chi connectivity index (χ0v) is 22.5. The van der Waals surface area contributed by atoms with Crippen molar-refractivity contribution in [1.82, 2.24) is 15.1 Å². The van der Waals surface area contributed by atoms with Crippen LogP contribution in [0.1, 0.15) is 93.9 Å². The van der Waals surface area contributed by atoms with Crippen LogP contribution in [0.15, 0.2) is 40.3 Å². The molecule has 0 aromatic rings. The monoisotopic (exact) mass is 456 g/mol. The van der Waals surface area contributed by atoms with Crippen molar-refractivity contribution in [3.63, 3.8) is 0 Å². The van der Waals surface area contributed by atoms with Crippen LogP contribution in [0.5, 0.6) is 0 Å². The Morgan fingerprint density at radius 1 is 1.21 bits per heavy atom. The van der Waals surface area contributed by atoms with Gasteiger partial charge in [-0.05, 0) is 62.6 Å². The fourth-order valence-corrected chi connectivity index (χ4v) is 4.11. The lowest BCUT2D eigenvalue weighted by atomic mass is 9.99. The van der Waals surface area contributed by atoms with Gasteiger partial charge in [0.05, 0.1) is 0 Å². The molecule has 5 heteroatoms. The zero-order chi connectivity index (χ0) is 24.6. The highest BCUT2D eigenvalue weighted by molar-refractivity contribution is 6.06. The van der Waals surface area contributed by atoms with E-state index < -0.39 is 0 Å². The number of amides is 1. The molecule has 186 valence electrons. The minimum Gasteiger partial charge on any atom is -0.371 e. The molecule has 1 aliphatic carbocycles. The molecule has 2 fully saturated rings.